The van der Waals surface area contributed by atoms with Crippen LogP contribution in [0.15, 0.2) is 0 Å². The number of hydrogen-bond acceptors (Lipinski definition) is 5. The Morgan fingerprint density at radius 1 is 1.35 bits per heavy atom. The van der Waals surface area contributed by atoms with Crippen molar-refractivity contribution in [2.75, 3.05) is 13.2 Å². The monoisotopic (exact) mass is 269 g/mol. The summed E-state index contributed by atoms with van der Waals surface area (Å²) in [5.74, 6) is 0. The van der Waals surface area contributed by atoms with Crippen LogP contribution in [0.3, 0.4) is 0 Å². The number of nitrogens with one attached hydrogen (secondary N) is 1. The molecule has 0 unspecified atom stereocenters. The van der Waals surface area contributed by atoms with Crippen LogP contribution >= 0.6 is 11.3 Å². The molecule has 1 aromatic heterocycles. The van der Waals surface area contributed by atoms with E-state index >= 15 is 0 Å². The van der Waals surface area contributed by atoms with Crippen molar-refractivity contribution in [2.45, 2.75) is 32.5 Å². The van der Waals surface area contributed by atoms with Crippen molar-refractivity contribution in [1.29, 1.82) is 0 Å². The van der Waals surface area contributed by atoms with Crippen molar-refractivity contribution in [3.05, 3.63) is 5.01 Å². The number of aromatic nitrogens is 2. The van der Waals surface area contributed by atoms with Gasteiger partial charge in [0.05, 0.1) is 6.61 Å². The third kappa shape index (κ3) is 6.42. The minimum absolute atomic E-state index is 0.00928. The van der Waals surface area contributed by atoms with Gasteiger partial charge in [-0.1, -0.05) is 18.3 Å². The lowest BCUT2D eigenvalue weighted by Crippen LogP contribution is -2.11. The summed E-state index contributed by atoms with van der Waals surface area (Å²) < 4.78 is 40.6. The van der Waals surface area contributed by atoms with Gasteiger partial charge in [0.25, 0.3) is 5.19 Å². The van der Waals surface area contributed by atoms with Gasteiger partial charge in [-0.15, -0.1) is 10.2 Å². The van der Waals surface area contributed by atoms with E-state index in [1.54, 1.807) is 0 Å². The molecule has 1 N–H and O–H groups in total. The largest absolute Gasteiger partial charge is 0.469 e. The van der Waals surface area contributed by atoms with E-state index in [1.165, 1.54) is 11.3 Å². The highest BCUT2D eigenvalue weighted by Gasteiger charge is 2.26. The number of alkyl halides is 3. The average Bonchev–Trinajstić information content (AvgIpc) is 2.68. The second-order valence-electron chi connectivity index (χ2n) is 3.31. The lowest BCUT2D eigenvalue weighted by molar-refractivity contribution is -0.136. The van der Waals surface area contributed by atoms with E-state index in [0.29, 0.717) is 11.7 Å². The van der Waals surface area contributed by atoms with Crippen LogP contribution in [0.5, 0.6) is 5.19 Å². The van der Waals surface area contributed by atoms with Crippen LogP contribution in [0, 0.1) is 0 Å². The van der Waals surface area contributed by atoms with E-state index in [1.807, 2.05) is 6.92 Å². The summed E-state index contributed by atoms with van der Waals surface area (Å²) in [6.07, 6.45) is -5.03. The summed E-state index contributed by atoms with van der Waals surface area (Å²) >= 11 is 1.24. The number of halogens is 3. The summed E-state index contributed by atoms with van der Waals surface area (Å²) in [7, 11) is 0. The molecule has 0 atom stereocenters. The molecule has 0 radical (unpaired) electrons. The van der Waals surface area contributed by atoms with Gasteiger partial charge in [0.1, 0.15) is 5.01 Å². The second-order valence-corrected chi connectivity index (χ2v) is 4.33. The highest BCUT2D eigenvalue weighted by atomic mass is 32.1. The molecule has 1 heterocycles. The fourth-order valence-corrected chi connectivity index (χ4v) is 1.71. The number of rotatable bonds is 7. The Hall–Kier alpha value is -0.890. The Balaban J connectivity index is 2.21. The van der Waals surface area contributed by atoms with Crippen molar-refractivity contribution in [1.82, 2.24) is 15.5 Å². The molecule has 0 fully saturated rings. The van der Waals surface area contributed by atoms with Gasteiger partial charge in [-0.25, -0.2) is 0 Å². The predicted octanol–water partition coefficient (Wildman–Crippen LogP) is 2.37. The molecule has 8 heteroatoms. The van der Waals surface area contributed by atoms with Crippen molar-refractivity contribution in [3.63, 3.8) is 0 Å². The fraction of sp³-hybridized carbons (Fsp3) is 0.778. The van der Waals surface area contributed by atoms with Gasteiger partial charge >= 0.3 is 6.18 Å². The van der Waals surface area contributed by atoms with Crippen LogP contribution in [-0.4, -0.2) is 29.5 Å². The molecule has 0 aromatic carbocycles. The normalized spacial score (nSPS) is 11.8. The van der Waals surface area contributed by atoms with E-state index in [9.17, 15) is 13.2 Å². The Morgan fingerprint density at radius 3 is 2.76 bits per heavy atom. The maximum atomic E-state index is 11.8. The molecule has 17 heavy (non-hydrogen) atoms. The van der Waals surface area contributed by atoms with Crippen molar-refractivity contribution < 1.29 is 17.9 Å². The van der Waals surface area contributed by atoms with Crippen molar-refractivity contribution >= 4 is 11.3 Å². The average molecular weight is 269 g/mol. The zero-order valence-corrected chi connectivity index (χ0v) is 10.2. The van der Waals surface area contributed by atoms with Crippen LogP contribution in [0.4, 0.5) is 13.2 Å². The van der Waals surface area contributed by atoms with Crippen LogP contribution in [0.1, 0.15) is 24.8 Å². The SMILES string of the molecule is CCNCc1nnc(OCCCC(F)(F)F)s1. The van der Waals surface area contributed by atoms with Crippen LogP contribution in [0.2, 0.25) is 0 Å². The summed E-state index contributed by atoms with van der Waals surface area (Å²) in [6, 6.07) is 0. The first kappa shape index (κ1) is 14.2. The Bertz CT molecular complexity index is 330. The van der Waals surface area contributed by atoms with E-state index in [4.69, 9.17) is 4.74 Å². The first-order chi connectivity index (χ1) is 8.01. The van der Waals surface area contributed by atoms with Crippen molar-refractivity contribution in [3.8, 4) is 5.19 Å². The lowest BCUT2D eigenvalue weighted by Gasteiger charge is -2.05. The molecule has 0 aliphatic carbocycles. The van der Waals surface area contributed by atoms with Crippen LogP contribution in [-0.2, 0) is 6.54 Å². The first-order valence-electron chi connectivity index (χ1n) is 5.24. The lowest BCUT2D eigenvalue weighted by atomic mass is 10.3. The molecule has 0 aliphatic heterocycles. The molecule has 0 bridgehead atoms. The van der Waals surface area contributed by atoms with Gasteiger partial charge in [-0.05, 0) is 13.0 Å². The summed E-state index contributed by atoms with van der Waals surface area (Å²) in [6.45, 7) is 3.40. The molecule has 0 saturated heterocycles. The topological polar surface area (TPSA) is 47.0 Å². The smallest absolute Gasteiger partial charge is 0.389 e. The quantitative estimate of drug-likeness (QED) is 0.772. The standard InChI is InChI=1S/C9H14F3N3OS/c1-2-13-6-7-14-15-8(17-7)16-5-3-4-9(10,11)12/h13H,2-6H2,1H3. The Labute approximate surface area is 101 Å². The van der Waals surface area contributed by atoms with E-state index in [2.05, 4.69) is 15.5 Å². The van der Waals surface area contributed by atoms with Crippen LogP contribution < -0.4 is 10.1 Å². The molecular formula is C9H14F3N3OS. The van der Waals surface area contributed by atoms with E-state index < -0.39 is 12.6 Å². The highest BCUT2D eigenvalue weighted by Crippen LogP contribution is 2.22. The molecule has 0 saturated carbocycles. The Kier molecular flexibility index (Phi) is 5.63. The zero-order valence-electron chi connectivity index (χ0n) is 9.38. The molecule has 0 amide bonds. The maximum Gasteiger partial charge on any atom is 0.389 e. The second kappa shape index (κ2) is 6.75. The molecule has 4 nitrogen and oxygen atoms in total. The van der Waals surface area contributed by atoms with Gasteiger partial charge < -0.3 is 10.1 Å². The van der Waals surface area contributed by atoms with Gasteiger partial charge in [0.15, 0.2) is 0 Å². The van der Waals surface area contributed by atoms with Gasteiger partial charge in [0, 0.05) is 13.0 Å². The molecular weight excluding hydrogens is 255 g/mol. The summed E-state index contributed by atoms with van der Waals surface area (Å²) in [5.41, 5.74) is 0. The van der Waals surface area contributed by atoms with Gasteiger partial charge in [0.2, 0.25) is 0 Å². The first-order valence-corrected chi connectivity index (χ1v) is 6.05. The number of ether oxygens (including phenoxy) is 1. The predicted molar refractivity (Wildman–Crippen MR) is 58.1 cm³/mol. The number of hydrogen-bond donors (Lipinski definition) is 1. The zero-order chi connectivity index (χ0) is 12.7. The highest BCUT2D eigenvalue weighted by molar-refractivity contribution is 7.13. The summed E-state index contributed by atoms with van der Waals surface area (Å²) in [5, 5.41) is 11.7. The molecule has 98 valence electrons. The van der Waals surface area contributed by atoms with Crippen molar-refractivity contribution in [2.24, 2.45) is 0 Å². The maximum absolute atomic E-state index is 11.8. The van der Waals surface area contributed by atoms with E-state index in [0.717, 1.165) is 11.6 Å². The third-order valence-electron chi connectivity index (χ3n) is 1.80. The van der Waals surface area contributed by atoms with Gasteiger partial charge in [-0.3, -0.25) is 0 Å². The molecule has 0 spiro atoms. The molecule has 1 rings (SSSR count). The summed E-state index contributed by atoms with van der Waals surface area (Å²) in [4.78, 5) is 0. The third-order valence-corrected chi connectivity index (χ3v) is 2.64. The number of nitrogens with zero attached hydrogens (tertiary/aromatic N) is 2. The van der Waals surface area contributed by atoms with Crippen LogP contribution in [0.25, 0.3) is 0 Å². The molecule has 0 aliphatic rings. The van der Waals surface area contributed by atoms with E-state index in [-0.39, 0.29) is 13.0 Å². The fourth-order valence-electron chi connectivity index (χ4n) is 1.03. The minimum Gasteiger partial charge on any atom is -0.469 e. The Morgan fingerprint density at radius 2 is 2.12 bits per heavy atom. The molecule has 1 aromatic rings. The van der Waals surface area contributed by atoms with Gasteiger partial charge in [-0.2, -0.15) is 13.2 Å². The minimum atomic E-state index is -4.12.